The molecule has 184 valence electrons. The van der Waals surface area contributed by atoms with Gasteiger partial charge in [0.1, 0.15) is 17.8 Å². The highest BCUT2D eigenvalue weighted by Gasteiger charge is 2.69. The first-order valence-corrected chi connectivity index (χ1v) is 11.7. The van der Waals surface area contributed by atoms with Crippen LogP contribution in [0.25, 0.3) is 0 Å². The largest absolute Gasteiger partial charge is 0.461 e. The minimum Gasteiger partial charge on any atom is -0.461 e. The number of ketones is 1. The summed E-state index contributed by atoms with van der Waals surface area (Å²) in [7, 11) is 0. The van der Waals surface area contributed by atoms with Gasteiger partial charge >= 0.3 is 11.9 Å². The smallest absolute Gasteiger partial charge is 0.308 e. The molecule has 0 aromatic rings. The molecule has 0 aliphatic heterocycles. The first-order chi connectivity index (χ1) is 15.0. The maximum Gasteiger partial charge on any atom is 0.308 e. The molecule has 3 rings (SSSR count). The van der Waals surface area contributed by atoms with Crippen LogP contribution in [-0.2, 0) is 23.9 Å². The van der Waals surface area contributed by atoms with Crippen molar-refractivity contribution in [3.63, 3.8) is 0 Å². The van der Waals surface area contributed by atoms with Gasteiger partial charge in [-0.1, -0.05) is 46.8 Å². The van der Waals surface area contributed by atoms with Crippen LogP contribution in [-0.4, -0.2) is 51.3 Å². The number of aliphatic hydroxyl groups is 2. The highest BCUT2D eigenvalue weighted by molar-refractivity contribution is 6.04. The van der Waals surface area contributed by atoms with Crippen LogP contribution in [0.2, 0.25) is 0 Å². The summed E-state index contributed by atoms with van der Waals surface area (Å²) in [5.74, 6) is -3.34. The Labute approximate surface area is 196 Å². The van der Waals surface area contributed by atoms with Gasteiger partial charge in [0, 0.05) is 30.6 Å². The third-order valence-electron chi connectivity index (χ3n) is 8.46. The molecule has 7 nitrogen and oxygen atoms in total. The number of esters is 2. The molecular formula is C26H38O7. The number of ether oxygens (including phenoxy) is 2. The van der Waals surface area contributed by atoms with E-state index >= 15 is 0 Å². The van der Waals surface area contributed by atoms with E-state index in [4.69, 9.17) is 9.47 Å². The van der Waals surface area contributed by atoms with E-state index in [1.165, 1.54) is 6.92 Å². The lowest BCUT2D eigenvalue weighted by molar-refractivity contribution is -0.247. The van der Waals surface area contributed by atoms with Gasteiger partial charge in [0.25, 0.3) is 0 Å². The topological polar surface area (TPSA) is 110 Å². The van der Waals surface area contributed by atoms with Gasteiger partial charge in [-0.05, 0) is 37.3 Å². The van der Waals surface area contributed by atoms with E-state index in [-0.39, 0.29) is 24.9 Å². The van der Waals surface area contributed by atoms with Crippen molar-refractivity contribution in [1.82, 2.24) is 0 Å². The lowest BCUT2D eigenvalue weighted by Crippen LogP contribution is -2.68. The maximum atomic E-state index is 13.1. The van der Waals surface area contributed by atoms with Crippen LogP contribution >= 0.6 is 0 Å². The molecule has 1 fully saturated rings. The number of hydrogen-bond acceptors (Lipinski definition) is 7. The van der Waals surface area contributed by atoms with Crippen LogP contribution in [0.15, 0.2) is 23.3 Å². The standard InChI is InChI=1S/C26H38O7/c1-14(2)22(29)33-24(8)11-16(4)26(31)19(23(24,6)7)10-18(13-32-17(5)27)12-25(30)20(26)9-15(3)21(25)28/h9-10,14,16,19-20,30-31H,11-13H2,1-8H3/t16-,19+,20-,24-,25-,26-/m1/s1. The van der Waals surface area contributed by atoms with Crippen molar-refractivity contribution < 1.29 is 34.1 Å². The molecule has 0 spiro atoms. The average Bonchev–Trinajstić information content (AvgIpc) is 2.85. The van der Waals surface area contributed by atoms with Crippen molar-refractivity contribution >= 4 is 17.7 Å². The summed E-state index contributed by atoms with van der Waals surface area (Å²) < 4.78 is 11.3. The molecular weight excluding hydrogens is 424 g/mol. The third kappa shape index (κ3) is 3.77. The van der Waals surface area contributed by atoms with Crippen molar-refractivity contribution in [1.29, 1.82) is 0 Å². The average molecular weight is 463 g/mol. The zero-order chi connectivity index (χ0) is 25.1. The minimum absolute atomic E-state index is 0.0400. The van der Waals surface area contributed by atoms with Crippen LogP contribution in [0.4, 0.5) is 0 Å². The molecule has 0 unspecified atom stereocenters. The van der Waals surface area contributed by atoms with Crippen LogP contribution in [0.5, 0.6) is 0 Å². The fourth-order valence-corrected chi connectivity index (χ4v) is 6.17. The van der Waals surface area contributed by atoms with Crippen LogP contribution in [0, 0.1) is 29.1 Å². The van der Waals surface area contributed by atoms with Crippen molar-refractivity contribution in [2.24, 2.45) is 29.1 Å². The van der Waals surface area contributed by atoms with Gasteiger partial charge in [-0.25, -0.2) is 0 Å². The Morgan fingerprint density at radius 1 is 1.15 bits per heavy atom. The second kappa shape index (κ2) is 8.05. The number of Topliss-reactive ketones (excluding diaryl/α,β-unsaturated/α-hetero) is 1. The first kappa shape index (κ1) is 25.6. The predicted molar refractivity (Wildman–Crippen MR) is 122 cm³/mol. The van der Waals surface area contributed by atoms with E-state index in [1.807, 2.05) is 33.8 Å². The number of rotatable bonds is 4. The molecule has 0 aromatic carbocycles. The zero-order valence-corrected chi connectivity index (χ0v) is 21.0. The Bertz CT molecular complexity index is 929. The number of fused-ring (bicyclic) bond motifs is 3. The fraction of sp³-hybridized carbons (Fsp3) is 0.731. The maximum absolute atomic E-state index is 13.1. The van der Waals surface area contributed by atoms with Crippen molar-refractivity contribution in [3.8, 4) is 0 Å². The highest BCUT2D eigenvalue weighted by atomic mass is 16.6. The van der Waals surface area contributed by atoms with Gasteiger partial charge in [0.2, 0.25) is 0 Å². The highest BCUT2D eigenvalue weighted by Crippen LogP contribution is 2.63. The third-order valence-corrected chi connectivity index (χ3v) is 8.46. The fourth-order valence-electron chi connectivity index (χ4n) is 6.17. The Hall–Kier alpha value is -1.99. The first-order valence-electron chi connectivity index (χ1n) is 11.7. The molecule has 0 heterocycles. The van der Waals surface area contributed by atoms with Crippen molar-refractivity contribution in [2.45, 2.75) is 85.0 Å². The van der Waals surface area contributed by atoms with Crippen LogP contribution in [0.1, 0.15) is 68.2 Å². The molecule has 0 radical (unpaired) electrons. The van der Waals surface area contributed by atoms with E-state index in [0.29, 0.717) is 17.6 Å². The van der Waals surface area contributed by atoms with E-state index in [2.05, 4.69) is 0 Å². The zero-order valence-electron chi connectivity index (χ0n) is 21.0. The second-order valence-electron chi connectivity index (χ2n) is 11.4. The lowest BCUT2D eigenvalue weighted by Gasteiger charge is -2.61. The molecule has 0 saturated heterocycles. The monoisotopic (exact) mass is 462 g/mol. The molecule has 3 aliphatic rings. The number of hydrogen-bond donors (Lipinski definition) is 2. The number of carbonyl (C=O) groups is 3. The van der Waals surface area contributed by atoms with Crippen molar-refractivity contribution in [2.75, 3.05) is 6.61 Å². The normalized spacial score (nSPS) is 39.7. The van der Waals surface area contributed by atoms with Gasteiger partial charge < -0.3 is 19.7 Å². The molecule has 33 heavy (non-hydrogen) atoms. The minimum atomic E-state index is -1.83. The summed E-state index contributed by atoms with van der Waals surface area (Å²) in [6.45, 7) is 14.1. The summed E-state index contributed by atoms with van der Waals surface area (Å²) in [4.78, 5) is 37.2. The Morgan fingerprint density at radius 3 is 2.30 bits per heavy atom. The van der Waals surface area contributed by atoms with Gasteiger partial charge in [-0.15, -0.1) is 0 Å². The van der Waals surface area contributed by atoms with Gasteiger partial charge in [0.05, 0.1) is 11.5 Å². The quantitative estimate of drug-likeness (QED) is 0.488. The van der Waals surface area contributed by atoms with E-state index in [9.17, 15) is 24.6 Å². The molecule has 6 atom stereocenters. The second-order valence-corrected chi connectivity index (χ2v) is 11.4. The number of carbonyl (C=O) groups excluding carboxylic acids is 3. The summed E-state index contributed by atoms with van der Waals surface area (Å²) in [6.07, 6.45) is 3.86. The molecule has 2 N–H and O–H groups in total. The SMILES string of the molecule is CC(=O)OCC1=C[C@H]2C(C)(C)[C@](C)(OC(=O)C(C)C)C[C@@H](C)[C@]2(O)[C@@H]2C=C(C)C(=O)[C@@]2(O)C1. The van der Waals surface area contributed by atoms with E-state index < -0.39 is 51.7 Å². The molecule has 0 bridgehead atoms. The van der Waals surface area contributed by atoms with E-state index in [0.717, 1.165) is 0 Å². The van der Waals surface area contributed by atoms with Crippen LogP contribution in [0.3, 0.4) is 0 Å². The summed E-state index contributed by atoms with van der Waals surface area (Å²) in [5, 5.41) is 24.0. The van der Waals surface area contributed by atoms with Crippen molar-refractivity contribution in [3.05, 3.63) is 23.3 Å². The van der Waals surface area contributed by atoms with Gasteiger partial charge in [-0.2, -0.15) is 0 Å². The van der Waals surface area contributed by atoms with E-state index in [1.54, 1.807) is 26.8 Å². The summed E-state index contributed by atoms with van der Waals surface area (Å²) >= 11 is 0. The molecule has 0 aromatic heterocycles. The molecule has 3 aliphatic carbocycles. The Balaban J connectivity index is 2.19. The lowest BCUT2D eigenvalue weighted by atomic mass is 9.48. The van der Waals surface area contributed by atoms with Gasteiger partial charge in [-0.3, -0.25) is 14.4 Å². The molecule has 7 heteroatoms. The Kier molecular flexibility index (Phi) is 6.25. The van der Waals surface area contributed by atoms with Crippen LogP contribution < -0.4 is 0 Å². The summed E-state index contributed by atoms with van der Waals surface area (Å²) in [6, 6.07) is 0. The Morgan fingerprint density at radius 2 is 1.76 bits per heavy atom. The molecule has 0 amide bonds. The summed E-state index contributed by atoms with van der Waals surface area (Å²) in [5.41, 5.74) is -4.00. The van der Waals surface area contributed by atoms with Gasteiger partial charge in [0.15, 0.2) is 5.78 Å². The predicted octanol–water partition coefficient (Wildman–Crippen LogP) is 3.13. The molecule has 1 saturated carbocycles.